The number of anilines is 3. The number of para-hydroxylation sites is 3. The lowest BCUT2D eigenvalue weighted by atomic mass is 9.82. The Hall–Kier alpha value is -6.58. The number of rotatable bonds is 4. The van der Waals surface area contributed by atoms with E-state index in [1.54, 1.807) is 0 Å². The Kier molecular flexibility index (Phi) is 6.01. The third-order valence-electron chi connectivity index (χ3n) is 11.3. The van der Waals surface area contributed by atoms with Crippen LogP contribution in [0.25, 0.3) is 76.9 Å². The fourth-order valence-electron chi connectivity index (χ4n) is 8.79. The Balaban J connectivity index is 1.14. The number of fused-ring (bicyclic) bond motifs is 11. The van der Waals surface area contributed by atoms with Crippen LogP contribution in [0.2, 0.25) is 0 Å². The van der Waals surface area contributed by atoms with Crippen LogP contribution < -0.4 is 4.90 Å². The van der Waals surface area contributed by atoms with Gasteiger partial charge < -0.3 is 13.7 Å². The van der Waals surface area contributed by atoms with Crippen molar-refractivity contribution >= 4 is 71.7 Å². The van der Waals surface area contributed by atoms with Crippen molar-refractivity contribution in [2.24, 2.45) is 0 Å². The SMILES string of the molecule is CC1(C)c2ccccc2-c2c(-c3ccc(N(c4cccc5c4oc4ccccc45)c4cccc5c4oc4c6ccccc6ccc54)cc3)cccc21. The van der Waals surface area contributed by atoms with E-state index in [9.17, 15) is 0 Å². The maximum atomic E-state index is 6.92. The maximum Gasteiger partial charge on any atom is 0.159 e. The van der Waals surface area contributed by atoms with Gasteiger partial charge in [0.15, 0.2) is 11.2 Å². The van der Waals surface area contributed by atoms with E-state index in [-0.39, 0.29) is 5.41 Å². The van der Waals surface area contributed by atoms with E-state index in [0.29, 0.717) is 0 Å². The normalized spacial score (nSPS) is 13.3. The second kappa shape index (κ2) is 10.7. The van der Waals surface area contributed by atoms with Gasteiger partial charge in [0.1, 0.15) is 11.2 Å². The molecule has 8 aromatic carbocycles. The molecule has 2 aromatic heterocycles. The molecule has 1 aliphatic rings. The van der Waals surface area contributed by atoms with E-state index < -0.39 is 0 Å². The summed E-state index contributed by atoms with van der Waals surface area (Å²) in [6.07, 6.45) is 0. The first-order valence-electron chi connectivity index (χ1n) is 17.9. The lowest BCUT2D eigenvalue weighted by molar-refractivity contribution is 0.660. The molecule has 2 heterocycles. The van der Waals surface area contributed by atoms with Crippen molar-refractivity contribution < 1.29 is 8.83 Å². The molecular formula is C49H33NO2. The highest BCUT2D eigenvalue weighted by molar-refractivity contribution is 6.18. The van der Waals surface area contributed by atoms with E-state index in [0.717, 1.165) is 71.7 Å². The Morgan fingerprint density at radius 3 is 1.85 bits per heavy atom. The van der Waals surface area contributed by atoms with Gasteiger partial charge in [-0.1, -0.05) is 141 Å². The molecule has 0 N–H and O–H groups in total. The fraction of sp³-hybridized carbons (Fsp3) is 0.0612. The monoisotopic (exact) mass is 667 g/mol. The summed E-state index contributed by atoms with van der Waals surface area (Å²) in [4.78, 5) is 2.30. The van der Waals surface area contributed by atoms with Gasteiger partial charge in [-0.3, -0.25) is 0 Å². The summed E-state index contributed by atoms with van der Waals surface area (Å²) in [7, 11) is 0. The molecule has 0 radical (unpaired) electrons. The van der Waals surface area contributed by atoms with Gasteiger partial charge in [-0.2, -0.15) is 0 Å². The standard InChI is InChI=1S/C49H33NO2/c1-49(2)40-19-7-5-15-39(40)45-33(16-9-20-41(45)49)31-24-27-32(28-25-31)50(42-21-10-17-36-35-14-6-8-23-44(35)51-47(36)42)43-22-11-18-37-38-29-26-30-12-3-4-13-34(30)46(38)52-48(37)43/h3-29H,1-2H3. The lowest BCUT2D eigenvalue weighted by Gasteiger charge is -2.26. The minimum Gasteiger partial charge on any atom is -0.454 e. The second-order valence-electron chi connectivity index (χ2n) is 14.5. The van der Waals surface area contributed by atoms with Crippen LogP contribution in [-0.2, 0) is 5.41 Å². The third-order valence-corrected chi connectivity index (χ3v) is 11.3. The van der Waals surface area contributed by atoms with E-state index in [1.165, 1.54) is 33.4 Å². The Morgan fingerprint density at radius 2 is 1.02 bits per heavy atom. The fourth-order valence-corrected chi connectivity index (χ4v) is 8.79. The third kappa shape index (κ3) is 4.02. The first-order valence-corrected chi connectivity index (χ1v) is 17.9. The van der Waals surface area contributed by atoms with Gasteiger partial charge in [-0.15, -0.1) is 0 Å². The molecule has 52 heavy (non-hydrogen) atoms. The molecule has 3 heteroatoms. The van der Waals surface area contributed by atoms with Crippen LogP contribution in [0, 0.1) is 0 Å². The van der Waals surface area contributed by atoms with Gasteiger partial charge in [-0.25, -0.2) is 0 Å². The van der Waals surface area contributed by atoms with Crippen molar-refractivity contribution in [3.63, 3.8) is 0 Å². The number of hydrogen-bond donors (Lipinski definition) is 0. The van der Waals surface area contributed by atoms with Gasteiger partial charge in [0.05, 0.1) is 11.4 Å². The van der Waals surface area contributed by atoms with Crippen LogP contribution in [0.4, 0.5) is 17.1 Å². The summed E-state index contributed by atoms with van der Waals surface area (Å²) < 4.78 is 13.6. The molecule has 0 saturated carbocycles. The summed E-state index contributed by atoms with van der Waals surface area (Å²) in [5, 5.41) is 6.64. The molecule has 0 spiro atoms. The zero-order valence-corrected chi connectivity index (χ0v) is 28.9. The molecule has 10 aromatic rings. The molecule has 246 valence electrons. The van der Waals surface area contributed by atoms with Gasteiger partial charge in [0.2, 0.25) is 0 Å². The second-order valence-corrected chi connectivity index (χ2v) is 14.5. The van der Waals surface area contributed by atoms with Crippen LogP contribution in [0.3, 0.4) is 0 Å². The summed E-state index contributed by atoms with van der Waals surface area (Å²) in [5.41, 5.74) is 14.2. The number of hydrogen-bond acceptors (Lipinski definition) is 3. The summed E-state index contributed by atoms with van der Waals surface area (Å²) in [5.74, 6) is 0. The van der Waals surface area contributed by atoms with Gasteiger partial charge in [0.25, 0.3) is 0 Å². The van der Waals surface area contributed by atoms with Crippen LogP contribution in [0.1, 0.15) is 25.0 Å². The highest BCUT2D eigenvalue weighted by Gasteiger charge is 2.36. The quantitative estimate of drug-likeness (QED) is 0.187. The zero-order chi connectivity index (χ0) is 34.6. The van der Waals surface area contributed by atoms with Gasteiger partial charge in [-0.05, 0) is 75.2 Å². The zero-order valence-electron chi connectivity index (χ0n) is 28.9. The highest BCUT2D eigenvalue weighted by Crippen LogP contribution is 2.52. The van der Waals surface area contributed by atoms with Gasteiger partial charge in [0, 0.05) is 38.0 Å². The van der Waals surface area contributed by atoms with Crippen molar-refractivity contribution in [1.82, 2.24) is 0 Å². The average Bonchev–Trinajstić information content (AvgIpc) is 3.84. The van der Waals surface area contributed by atoms with E-state index in [4.69, 9.17) is 8.83 Å². The van der Waals surface area contributed by atoms with Crippen molar-refractivity contribution in [3.8, 4) is 22.3 Å². The molecule has 1 aliphatic carbocycles. The molecule has 0 saturated heterocycles. The highest BCUT2D eigenvalue weighted by atomic mass is 16.3. The van der Waals surface area contributed by atoms with Crippen molar-refractivity contribution in [2.75, 3.05) is 4.90 Å². The Morgan fingerprint density at radius 1 is 0.423 bits per heavy atom. The Bertz CT molecular complexity index is 3050. The summed E-state index contributed by atoms with van der Waals surface area (Å²) in [6, 6.07) is 58.6. The molecule has 0 fully saturated rings. The number of nitrogens with zero attached hydrogens (tertiary/aromatic N) is 1. The smallest absolute Gasteiger partial charge is 0.159 e. The molecular weight excluding hydrogens is 635 g/mol. The molecule has 11 rings (SSSR count). The predicted octanol–water partition coefficient (Wildman–Crippen LogP) is 14.1. The predicted molar refractivity (Wildman–Crippen MR) is 216 cm³/mol. The maximum absolute atomic E-state index is 6.92. The molecule has 3 nitrogen and oxygen atoms in total. The number of benzene rings is 8. The van der Waals surface area contributed by atoms with Crippen LogP contribution in [0.15, 0.2) is 173 Å². The average molecular weight is 668 g/mol. The summed E-state index contributed by atoms with van der Waals surface area (Å²) in [6.45, 7) is 4.67. The topological polar surface area (TPSA) is 29.5 Å². The first-order chi connectivity index (χ1) is 25.6. The van der Waals surface area contributed by atoms with Crippen LogP contribution in [-0.4, -0.2) is 0 Å². The number of furan rings is 2. The molecule has 0 bridgehead atoms. The molecule has 0 unspecified atom stereocenters. The molecule has 0 amide bonds. The summed E-state index contributed by atoms with van der Waals surface area (Å²) >= 11 is 0. The Labute approximate surface area is 301 Å². The van der Waals surface area contributed by atoms with E-state index in [2.05, 4.69) is 170 Å². The largest absolute Gasteiger partial charge is 0.454 e. The molecule has 0 aliphatic heterocycles. The first kappa shape index (κ1) is 29.2. The van der Waals surface area contributed by atoms with Gasteiger partial charge >= 0.3 is 0 Å². The van der Waals surface area contributed by atoms with Crippen molar-refractivity contribution in [3.05, 3.63) is 175 Å². The van der Waals surface area contributed by atoms with Crippen molar-refractivity contribution in [2.45, 2.75) is 19.3 Å². The van der Waals surface area contributed by atoms with E-state index >= 15 is 0 Å². The van der Waals surface area contributed by atoms with Crippen molar-refractivity contribution in [1.29, 1.82) is 0 Å². The van der Waals surface area contributed by atoms with Crippen LogP contribution >= 0.6 is 0 Å². The minimum atomic E-state index is -0.0550. The minimum absolute atomic E-state index is 0.0550. The van der Waals surface area contributed by atoms with Crippen LogP contribution in [0.5, 0.6) is 0 Å². The van der Waals surface area contributed by atoms with E-state index in [1.807, 2.05) is 12.1 Å². The lowest BCUT2D eigenvalue weighted by Crippen LogP contribution is -2.14. The molecule has 0 atom stereocenters.